The number of likely N-dealkylation sites (N-methyl/N-ethyl adjacent to an activating group) is 1. The molecule has 0 bridgehead atoms. The van der Waals surface area contributed by atoms with Crippen molar-refractivity contribution in [3.63, 3.8) is 0 Å². The molecule has 2 aliphatic heterocycles. The van der Waals surface area contributed by atoms with Crippen molar-refractivity contribution in [3.8, 4) is 11.5 Å². The van der Waals surface area contributed by atoms with E-state index in [0.717, 1.165) is 26.1 Å². The third kappa shape index (κ3) is 4.78. The van der Waals surface area contributed by atoms with E-state index in [4.69, 9.17) is 14.2 Å². The van der Waals surface area contributed by atoms with Crippen LogP contribution in [0.1, 0.15) is 27.5 Å². The van der Waals surface area contributed by atoms with Crippen LogP contribution in [0.2, 0.25) is 0 Å². The first-order valence-electron chi connectivity index (χ1n) is 10.8. The second-order valence-corrected chi connectivity index (χ2v) is 8.04. The molecule has 1 unspecified atom stereocenters. The Morgan fingerprint density at radius 3 is 2.45 bits per heavy atom. The second kappa shape index (κ2) is 9.58. The Morgan fingerprint density at radius 2 is 1.77 bits per heavy atom. The SMILES string of the molecule is COc1cc(OC)cc(C(=O)NCC(c2ccc3c(c2)CCN3C)N2CCOCC2)c1. The van der Waals surface area contributed by atoms with Crippen molar-refractivity contribution in [2.45, 2.75) is 12.5 Å². The van der Waals surface area contributed by atoms with Crippen LogP contribution in [0.3, 0.4) is 0 Å². The number of nitrogens with zero attached hydrogens (tertiary/aromatic N) is 2. The molecule has 0 aromatic heterocycles. The molecule has 166 valence electrons. The molecule has 2 aliphatic rings. The molecule has 0 radical (unpaired) electrons. The first kappa shape index (κ1) is 21.5. The van der Waals surface area contributed by atoms with Gasteiger partial charge in [-0.1, -0.05) is 12.1 Å². The predicted octanol–water partition coefficient (Wildman–Crippen LogP) is 2.50. The summed E-state index contributed by atoms with van der Waals surface area (Å²) in [6, 6.07) is 12.0. The summed E-state index contributed by atoms with van der Waals surface area (Å²) in [7, 11) is 5.29. The fourth-order valence-electron chi connectivity index (χ4n) is 4.37. The number of rotatable bonds is 7. The standard InChI is InChI=1S/C24H31N3O4/c1-26-7-6-18-12-17(4-5-22(18)26)23(27-8-10-31-11-9-27)16-25-24(28)19-13-20(29-2)15-21(14-19)30-3/h4-5,12-15,23H,6-11,16H2,1-3H3,(H,25,28). The molecule has 2 aromatic carbocycles. The molecule has 7 nitrogen and oxygen atoms in total. The molecule has 1 saturated heterocycles. The van der Waals surface area contributed by atoms with Gasteiger partial charge in [0.25, 0.3) is 5.91 Å². The van der Waals surface area contributed by atoms with Gasteiger partial charge in [-0.3, -0.25) is 9.69 Å². The molecule has 1 atom stereocenters. The molecule has 31 heavy (non-hydrogen) atoms. The highest BCUT2D eigenvalue weighted by Gasteiger charge is 2.25. The Morgan fingerprint density at radius 1 is 1.06 bits per heavy atom. The number of nitrogens with one attached hydrogen (secondary N) is 1. The van der Waals surface area contributed by atoms with E-state index >= 15 is 0 Å². The first-order valence-corrected chi connectivity index (χ1v) is 10.8. The average Bonchev–Trinajstić information content (AvgIpc) is 3.19. The van der Waals surface area contributed by atoms with E-state index in [9.17, 15) is 4.79 Å². The van der Waals surface area contributed by atoms with Crippen LogP contribution in [0.25, 0.3) is 0 Å². The van der Waals surface area contributed by atoms with Crippen LogP contribution in [0.4, 0.5) is 5.69 Å². The summed E-state index contributed by atoms with van der Waals surface area (Å²) in [5.74, 6) is 1.05. The molecule has 1 amide bonds. The van der Waals surface area contributed by atoms with Crippen LogP contribution >= 0.6 is 0 Å². The van der Waals surface area contributed by atoms with Crippen LogP contribution in [0.5, 0.6) is 11.5 Å². The van der Waals surface area contributed by atoms with E-state index < -0.39 is 0 Å². The topological polar surface area (TPSA) is 63.3 Å². The van der Waals surface area contributed by atoms with Gasteiger partial charge in [-0.15, -0.1) is 0 Å². The molecule has 0 aliphatic carbocycles. The fraction of sp³-hybridized carbons (Fsp3) is 0.458. The number of hydrogen-bond donors (Lipinski definition) is 1. The Hall–Kier alpha value is -2.77. The molecule has 1 fully saturated rings. The van der Waals surface area contributed by atoms with Gasteiger partial charge in [0.05, 0.1) is 33.5 Å². The van der Waals surface area contributed by atoms with Gasteiger partial charge >= 0.3 is 0 Å². The zero-order valence-electron chi connectivity index (χ0n) is 18.5. The van der Waals surface area contributed by atoms with Gasteiger partial charge in [0, 0.05) is 50.5 Å². The summed E-state index contributed by atoms with van der Waals surface area (Å²) in [5, 5.41) is 3.13. The number of carbonyl (C=O) groups is 1. The van der Waals surface area contributed by atoms with Gasteiger partial charge < -0.3 is 24.4 Å². The lowest BCUT2D eigenvalue weighted by molar-refractivity contribution is 0.0162. The Labute approximate surface area is 183 Å². The van der Waals surface area contributed by atoms with Crippen molar-refractivity contribution in [3.05, 3.63) is 53.1 Å². The average molecular weight is 426 g/mol. The van der Waals surface area contributed by atoms with Gasteiger partial charge in [-0.25, -0.2) is 0 Å². The van der Waals surface area contributed by atoms with Crippen molar-refractivity contribution in [2.75, 3.05) is 65.6 Å². The third-order valence-electron chi connectivity index (χ3n) is 6.17. The van der Waals surface area contributed by atoms with Crippen LogP contribution in [0.15, 0.2) is 36.4 Å². The molecule has 2 heterocycles. The van der Waals surface area contributed by atoms with Crippen molar-refractivity contribution < 1.29 is 19.0 Å². The summed E-state index contributed by atoms with van der Waals surface area (Å²) in [6.45, 7) is 4.70. The van der Waals surface area contributed by atoms with Gasteiger partial charge in [-0.05, 0) is 35.7 Å². The largest absolute Gasteiger partial charge is 0.497 e. The zero-order valence-corrected chi connectivity index (χ0v) is 18.5. The Bertz CT molecular complexity index is 905. The van der Waals surface area contributed by atoms with Crippen LogP contribution in [-0.4, -0.2) is 71.5 Å². The smallest absolute Gasteiger partial charge is 0.251 e. The highest BCUT2D eigenvalue weighted by atomic mass is 16.5. The van der Waals surface area contributed by atoms with Crippen molar-refractivity contribution in [1.29, 1.82) is 0 Å². The van der Waals surface area contributed by atoms with Crippen LogP contribution in [0, 0.1) is 0 Å². The lowest BCUT2D eigenvalue weighted by atomic mass is 10.00. The molecule has 0 saturated carbocycles. The molecular formula is C24H31N3O4. The zero-order chi connectivity index (χ0) is 21.8. The minimum Gasteiger partial charge on any atom is -0.497 e. The maximum atomic E-state index is 13.0. The maximum Gasteiger partial charge on any atom is 0.251 e. The highest BCUT2D eigenvalue weighted by molar-refractivity contribution is 5.95. The summed E-state index contributed by atoms with van der Waals surface area (Å²) >= 11 is 0. The van der Waals surface area contributed by atoms with E-state index in [1.54, 1.807) is 32.4 Å². The Balaban J connectivity index is 1.54. The van der Waals surface area contributed by atoms with E-state index in [2.05, 4.69) is 40.4 Å². The van der Waals surface area contributed by atoms with Gasteiger partial charge in [-0.2, -0.15) is 0 Å². The summed E-state index contributed by atoms with van der Waals surface area (Å²) in [4.78, 5) is 17.6. The molecule has 0 spiro atoms. The van der Waals surface area contributed by atoms with E-state index in [-0.39, 0.29) is 11.9 Å². The Kier molecular flexibility index (Phi) is 6.63. The number of carbonyl (C=O) groups excluding carboxylic acids is 1. The molecular weight excluding hydrogens is 394 g/mol. The number of fused-ring (bicyclic) bond motifs is 1. The summed E-state index contributed by atoms with van der Waals surface area (Å²) in [6.07, 6.45) is 1.06. The number of methoxy groups -OCH3 is 2. The third-order valence-corrected chi connectivity index (χ3v) is 6.17. The number of amides is 1. The van der Waals surface area contributed by atoms with Gasteiger partial charge in [0.15, 0.2) is 0 Å². The van der Waals surface area contributed by atoms with Gasteiger partial charge in [0.1, 0.15) is 11.5 Å². The summed E-state index contributed by atoms with van der Waals surface area (Å²) in [5.41, 5.74) is 4.44. The highest BCUT2D eigenvalue weighted by Crippen LogP contribution is 2.31. The van der Waals surface area contributed by atoms with Crippen LogP contribution < -0.4 is 19.7 Å². The lowest BCUT2D eigenvalue weighted by Crippen LogP contribution is -2.43. The molecule has 4 rings (SSSR count). The van der Waals surface area contributed by atoms with Crippen LogP contribution in [-0.2, 0) is 11.2 Å². The predicted molar refractivity (Wildman–Crippen MR) is 120 cm³/mol. The van der Waals surface area contributed by atoms with E-state index in [0.29, 0.717) is 36.8 Å². The minimum absolute atomic E-state index is 0.0940. The van der Waals surface area contributed by atoms with Crippen molar-refractivity contribution in [2.24, 2.45) is 0 Å². The maximum absolute atomic E-state index is 13.0. The van der Waals surface area contributed by atoms with Gasteiger partial charge in [0.2, 0.25) is 0 Å². The number of benzene rings is 2. The summed E-state index contributed by atoms with van der Waals surface area (Å²) < 4.78 is 16.2. The number of morpholine rings is 1. The van der Waals surface area contributed by atoms with E-state index in [1.807, 2.05) is 0 Å². The number of anilines is 1. The first-order chi connectivity index (χ1) is 15.1. The number of ether oxygens (including phenoxy) is 3. The fourth-order valence-corrected chi connectivity index (χ4v) is 4.37. The van der Waals surface area contributed by atoms with Crippen molar-refractivity contribution >= 4 is 11.6 Å². The quantitative estimate of drug-likeness (QED) is 0.736. The second-order valence-electron chi connectivity index (χ2n) is 8.04. The van der Waals surface area contributed by atoms with E-state index in [1.165, 1.54) is 16.8 Å². The number of hydrogen-bond acceptors (Lipinski definition) is 6. The molecule has 2 aromatic rings. The molecule has 1 N–H and O–H groups in total. The van der Waals surface area contributed by atoms with Crippen molar-refractivity contribution in [1.82, 2.24) is 10.2 Å². The monoisotopic (exact) mass is 425 g/mol. The molecule has 7 heteroatoms. The minimum atomic E-state index is -0.142. The lowest BCUT2D eigenvalue weighted by Gasteiger charge is -2.35. The normalized spacial score (nSPS) is 17.2.